The summed E-state index contributed by atoms with van der Waals surface area (Å²) in [4.78, 5) is 0. The van der Waals surface area contributed by atoms with Gasteiger partial charge in [-0.25, -0.2) is 4.39 Å². The summed E-state index contributed by atoms with van der Waals surface area (Å²) < 4.78 is 9.98. The second-order valence-electron chi connectivity index (χ2n) is 1.17. The van der Waals surface area contributed by atoms with Crippen LogP contribution in [-0.2, 0) is 0 Å². The molecule has 8 heavy (non-hydrogen) atoms. The predicted octanol–water partition coefficient (Wildman–Crippen LogP) is 2.65. The summed E-state index contributed by atoms with van der Waals surface area (Å²) in [7, 11) is 0. The fourth-order valence-corrected chi connectivity index (χ4v) is 1.03. The van der Waals surface area contributed by atoms with Gasteiger partial charge in [0.15, 0.2) is 0 Å². The van der Waals surface area contributed by atoms with E-state index in [4.69, 9.17) is 23.2 Å². The molecule has 4 heteroatoms. The monoisotopic (exact) mass is 175 g/mol. The Morgan fingerprint density at radius 2 is 2.12 bits per heavy atom. The zero-order valence-electron chi connectivity index (χ0n) is 4.16. The summed E-state index contributed by atoms with van der Waals surface area (Å²) in [5.41, 5.74) is 0. The van der Waals surface area contributed by atoms with Crippen molar-refractivity contribution in [1.29, 1.82) is 0 Å². The van der Waals surface area contributed by atoms with Crippen LogP contribution in [0.25, 0.3) is 0 Å². The van der Waals surface area contributed by atoms with Crippen LogP contribution in [-0.4, -0.2) is 16.1 Å². The maximum absolute atomic E-state index is 12.1. The molecule has 0 spiro atoms. The molecule has 0 bridgehead atoms. The molecule has 0 unspecified atom stereocenters. The van der Waals surface area contributed by atoms with Crippen LogP contribution in [0.15, 0.2) is 0 Å². The van der Waals surface area contributed by atoms with Crippen molar-refractivity contribution in [2.75, 3.05) is 11.5 Å². The summed E-state index contributed by atoms with van der Waals surface area (Å²) in [6, 6.07) is 0. The van der Waals surface area contributed by atoms with Crippen molar-refractivity contribution in [2.24, 2.45) is 0 Å². The Morgan fingerprint density at radius 3 is 2.25 bits per heavy atom. The van der Waals surface area contributed by atoms with E-state index in [9.17, 15) is 4.39 Å². The van der Waals surface area contributed by atoms with Crippen LogP contribution < -0.4 is 0 Å². The van der Waals surface area contributed by atoms with Crippen LogP contribution in [0.2, 0.25) is 0 Å². The lowest BCUT2D eigenvalue weighted by Gasteiger charge is -2.05. The van der Waals surface area contributed by atoms with Crippen molar-refractivity contribution < 1.29 is 4.39 Å². The van der Waals surface area contributed by atoms with Gasteiger partial charge in [0.1, 0.15) is 0 Å². The van der Waals surface area contributed by atoms with Gasteiger partial charge in [0.05, 0.1) is 5.75 Å². The van der Waals surface area contributed by atoms with Crippen LogP contribution in [0, 0.1) is 6.92 Å². The standard InChI is InChI=1S/C4H6Cl2FS/c1-2-8-3-4(5,6)7/h1-3H2. The van der Waals surface area contributed by atoms with Gasteiger partial charge in [-0.05, 0) is 12.7 Å². The van der Waals surface area contributed by atoms with E-state index in [0.717, 1.165) is 0 Å². The van der Waals surface area contributed by atoms with Gasteiger partial charge in [-0.15, -0.1) is 0 Å². The Bertz CT molecular complexity index is 61.5. The Labute approximate surface area is 62.7 Å². The highest BCUT2D eigenvalue weighted by atomic mass is 35.5. The molecule has 0 nitrogen and oxygen atoms in total. The highest BCUT2D eigenvalue weighted by Gasteiger charge is 2.20. The second-order valence-corrected chi connectivity index (χ2v) is 3.66. The van der Waals surface area contributed by atoms with Crippen LogP contribution in [0.3, 0.4) is 0 Å². The lowest BCUT2D eigenvalue weighted by molar-refractivity contribution is 0.430. The molecule has 0 rings (SSSR count). The van der Waals surface area contributed by atoms with Gasteiger partial charge >= 0.3 is 0 Å². The van der Waals surface area contributed by atoms with Crippen LogP contribution >= 0.6 is 35.0 Å². The molecule has 0 heterocycles. The molecular weight excluding hydrogens is 170 g/mol. The number of halogens is 3. The van der Waals surface area contributed by atoms with E-state index in [2.05, 4.69) is 6.92 Å². The molecule has 0 atom stereocenters. The van der Waals surface area contributed by atoms with E-state index in [-0.39, 0.29) is 5.75 Å². The quantitative estimate of drug-likeness (QED) is 0.595. The fourth-order valence-electron chi connectivity index (χ4n) is 0.188. The smallest absolute Gasteiger partial charge is 0.207 e. The van der Waals surface area contributed by atoms with Crippen molar-refractivity contribution in [3.05, 3.63) is 6.92 Å². The Hall–Kier alpha value is 0.860. The van der Waals surface area contributed by atoms with Crippen molar-refractivity contribution in [3.63, 3.8) is 0 Å². The van der Waals surface area contributed by atoms with Gasteiger partial charge in [0.25, 0.3) is 4.59 Å². The molecule has 0 saturated carbocycles. The molecular formula is C4H6Cl2FS. The molecule has 1 radical (unpaired) electrons. The molecule has 0 aliphatic carbocycles. The van der Waals surface area contributed by atoms with Gasteiger partial charge in [-0.2, -0.15) is 11.8 Å². The summed E-state index contributed by atoms with van der Waals surface area (Å²) in [5, 5.41) is 0. The first-order valence-electron chi connectivity index (χ1n) is 2.00. The third kappa shape index (κ3) is 6.86. The maximum Gasteiger partial charge on any atom is 0.266 e. The number of hydrogen-bond acceptors (Lipinski definition) is 1. The molecule has 0 N–H and O–H groups in total. The molecule has 0 aromatic heterocycles. The third-order valence-corrected chi connectivity index (χ3v) is 1.88. The lowest BCUT2D eigenvalue weighted by atomic mass is 10.9. The van der Waals surface area contributed by atoms with Crippen LogP contribution in [0.5, 0.6) is 0 Å². The SMILES string of the molecule is [CH2]CSCC(F)(Cl)Cl. The first kappa shape index (κ1) is 8.86. The Balaban J connectivity index is 3.11. The first-order valence-corrected chi connectivity index (χ1v) is 3.91. The zero-order chi connectivity index (χ0) is 6.62. The van der Waals surface area contributed by atoms with Crippen molar-refractivity contribution in [3.8, 4) is 0 Å². The number of hydrogen-bond donors (Lipinski definition) is 0. The van der Waals surface area contributed by atoms with Gasteiger partial charge in [-0.3, -0.25) is 0 Å². The Morgan fingerprint density at radius 1 is 1.62 bits per heavy atom. The van der Waals surface area contributed by atoms with Crippen LogP contribution in [0.4, 0.5) is 4.39 Å². The molecule has 49 valence electrons. The molecule has 0 fully saturated rings. The van der Waals surface area contributed by atoms with E-state index in [1.807, 2.05) is 0 Å². The van der Waals surface area contributed by atoms with E-state index in [0.29, 0.717) is 5.75 Å². The van der Waals surface area contributed by atoms with Crippen molar-refractivity contribution in [2.45, 2.75) is 4.59 Å². The van der Waals surface area contributed by atoms with Gasteiger partial charge < -0.3 is 0 Å². The van der Waals surface area contributed by atoms with Crippen LogP contribution in [0.1, 0.15) is 0 Å². The summed E-state index contributed by atoms with van der Waals surface area (Å²) in [5.74, 6) is 0.671. The molecule has 0 aromatic carbocycles. The third-order valence-electron chi connectivity index (χ3n) is 0.410. The number of rotatable bonds is 3. The first-order chi connectivity index (χ1) is 3.56. The lowest BCUT2D eigenvalue weighted by Crippen LogP contribution is -2.07. The summed E-state index contributed by atoms with van der Waals surface area (Å²) in [6.07, 6.45) is 0. The zero-order valence-corrected chi connectivity index (χ0v) is 6.49. The van der Waals surface area contributed by atoms with Crippen molar-refractivity contribution in [1.82, 2.24) is 0 Å². The average Bonchev–Trinajstić information content (AvgIpc) is 1.59. The topological polar surface area (TPSA) is 0 Å². The van der Waals surface area contributed by atoms with Gasteiger partial charge in [0, 0.05) is 0 Å². The molecule has 0 saturated heterocycles. The molecule has 0 aliphatic rings. The van der Waals surface area contributed by atoms with E-state index >= 15 is 0 Å². The normalized spacial score (nSPS) is 12.0. The highest BCUT2D eigenvalue weighted by Crippen LogP contribution is 2.26. The van der Waals surface area contributed by atoms with E-state index in [1.54, 1.807) is 0 Å². The summed E-state index contributed by atoms with van der Waals surface area (Å²) in [6.45, 7) is 3.47. The molecule has 0 aliphatic heterocycles. The molecule has 0 amide bonds. The van der Waals surface area contributed by atoms with E-state index < -0.39 is 4.59 Å². The second kappa shape index (κ2) is 3.80. The van der Waals surface area contributed by atoms with Gasteiger partial charge in [-0.1, -0.05) is 23.2 Å². The largest absolute Gasteiger partial charge is 0.266 e. The molecule has 0 aromatic rings. The summed E-state index contributed by atoms with van der Waals surface area (Å²) >= 11 is 11.2. The Kier molecular flexibility index (Phi) is 4.21. The predicted molar refractivity (Wildman–Crippen MR) is 38.2 cm³/mol. The van der Waals surface area contributed by atoms with E-state index in [1.165, 1.54) is 11.8 Å². The highest BCUT2D eigenvalue weighted by molar-refractivity contribution is 7.99. The number of alkyl halides is 3. The minimum atomic E-state index is -2.08. The van der Waals surface area contributed by atoms with Crippen molar-refractivity contribution >= 4 is 35.0 Å². The minimum Gasteiger partial charge on any atom is -0.207 e. The maximum atomic E-state index is 12.1. The van der Waals surface area contributed by atoms with Gasteiger partial charge in [0.2, 0.25) is 0 Å². The minimum absolute atomic E-state index is 0.0829. The number of thioether (sulfide) groups is 1. The fraction of sp³-hybridized carbons (Fsp3) is 0.750. The average molecular weight is 176 g/mol.